The van der Waals surface area contributed by atoms with E-state index in [1.807, 2.05) is 72.6 Å². The number of hydrogen-bond donors (Lipinski definition) is 1. The van der Waals surface area contributed by atoms with Crippen LogP contribution in [0.4, 0.5) is 5.82 Å². The number of aromatic nitrogens is 3. The molecular weight excluding hydrogens is 359 g/mol. The van der Waals surface area contributed by atoms with Gasteiger partial charge in [-0.15, -0.1) is 10.2 Å². The number of nitrogens with one attached hydrogen (secondary N) is 1. The van der Waals surface area contributed by atoms with Gasteiger partial charge in [0.2, 0.25) is 5.69 Å². The van der Waals surface area contributed by atoms with E-state index in [0.717, 1.165) is 11.0 Å². The molecule has 9 heteroatoms. The van der Waals surface area contributed by atoms with Crippen molar-refractivity contribution in [3.63, 3.8) is 0 Å². The number of anilines is 1. The molecule has 1 fully saturated rings. The second kappa shape index (κ2) is 6.74. The molecule has 0 bridgehead atoms. The van der Waals surface area contributed by atoms with Crippen LogP contribution in [-0.2, 0) is 14.0 Å². The molecule has 2 aliphatic rings. The molecule has 0 aromatic carbocycles. The Morgan fingerprint density at radius 3 is 2.36 bits per heavy atom. The first kappa shape index (κ1) is 20.6. The van der Waals surface area contributed by atoms with E-state index < -0.39 is 29.9 Å². The molecule has 1 N–H and O–H groups in total. The molecule has 0 spiro atoms. The van der Waals surface area contributed by atoms with Crippen LogP contribution in [0.1, 0.15) is 65.9 Å². The molecule has 2 aliphatic heterocycles. The molecule has 0 amide bonds. The van der Waals surface area contributed by atoms with Crippen molar-refractivity contribution < 1.29 is 18.8 Å². The number of carbonyl (C=O) groups excluding carboxylic acids is 1. The van der Waals surface area contributed by atoms with Gasteiger partial charge in [-0.05, 0) is 66.9 Å². The van der Waals surface area contributed by atoms with E-state index in [4.69, 9.17) is 14.0 Å². The van der Waals surface area contributed by atoms with Gasteiger partial charge in [-0.25, -0.2) is 4.79 Å². The average Bonchev–Trinajstić information content (AvgIpc) is 3.08. The molecule has 1 saturated heterocycles. The van der Waals surface area contributed by atoms with Gasteiger partial charge in [0.25, 0.3) is 0 Å². The number of H-pyrrole nitrogens is 1. The summed E-state index contributed by atoms with van der Waals surface area (Å²) >= 11 is 0. The standard InChI is InChI=1S/C19H29BN4O4/c1-12-11-24(15-14(21-23-22-15)16(25)26-17(2,3)4)10-9-13(12)20-27-18(5,6)19(7,8)28-20/h9-10H,11H2,1-8H3,(H,21,22,23). The van der Waals surface area contributed by atoms with Gasteiger partial charge in [0.1, 0.15) is 5.60 Å². The van der Waals surface area contributed by atoms with E-state index in [0.29, 0.717) is 12.4 Å². The third-order valence-corrected chi connectivity index (χ3v) is 5.24. The molecule has 3 heterocycles. The molecule has 3 rings (SSSR count). The molecule has 8 nitrogen and oxygen atoms in total. The fourth-order valence-electron chi connectivity index (χ4n) is 3.00. The lowest BCUT2D eigenvalue weighted by molar-refractivity contribution is 0.00578. The number of ether oxygens (including phenoxy) is 1. The number of carbonyl (C=O) groups is 1. The van der Waals surface area contributed by atoms with Crippen LogP contribution in [0.25, 0.3) is 0 Å². The van der Waals surface area contributed by atoms with Crippen LogP contribution in [-0.4, -0.2) is 51.8 Å². The molecule has 0 saturated carbocycles. The van der Waals surface area contributed by atoms with Gasteiger partial charge >= 0.3 is 13.1 Å². The Bertz CT molecular complexity index is 819. The topological polar surface area (TPSA) is 89.6 Å². The summed E-state index contributed by atoms with van der Waals surface area (Å²) in [6, 6.07) is 0. The lowest BCUT2D eigenvalue weighted by atomic mass is 9.74. The zero-order valence-corrected chi connectivity index (χ0v) is 17.9. The Labute approximate surface area is 166 Å². The summed E-state index contributed by atoms with van der Waals surface area (Å²) in [5.41, 5.74) is 0.811. The normalized spacial score (nSPS) is 21.4. The molecule has 1 aromatic rings. The highest BCUT2D eigenvalue weighted by atomic mass is 16.7. The smallest absolute Gasteiger partial charge is 0.455 e. The van der Waals surface area contributed by atoms with Crippen molar-refractivity contribution in [1.82, 2.24) is 15.4 Å². The minimum atomic E-state index is -0.606. The van der Waals surface area contributed by atoms with Gasteiger partial charge in [-0.2, -0.15) is 5.21 Å². The first-order chi connectivity index (χ1) is 12.8. The molecular formula is C19H29BN4O4. The van der Waals surface area contributed by atoms with Crippen molar-refractivity contribution in [2.24, 2.45) is 0 Å². The van der Waals surface area contributed by atoms with Crippen molar-refractivity contribution in [3.05, 3.63) is 29.0 Å². The summed E-state index contributed by atoms with van der Waals surface area (Å²) in [6.07, 6.45) is 3.80. The van der Waals surface area contributed by atoms with Gasteiger partial charge < -0.3 is 18.9 Å². The van der Waals surface area contributed by atoms with E-state index >= 15 is 0 Å². The van der Waals surface area contributed by atoms with Crippen molar-refractivity contribution in [2.45, 2.75) is 72.2 Å². The maximum Gasteiger partial charge on any atom is 0.494 e. The highest BCUT2D eigenvalue weighted by molar-refractivity contribution is 6.56. The average molecular weight is 388 g/mol. The highest BCUT2D eigenvalue weighted by Crippen LogP contribution is 2.40. The first-order valence-electron chi connectivity index (χ1n) is 9.45. The molecule has 28 heavy (non-hydrogen) atoms. The number of aromatic amines is 1. The Morgan fingerprint density at radius 1 is 1.21 bits per heavy atom. The minimum absolute atomic E-state index is 0.159. The molecule has 0 radical (unpaired) electrons. The predicted octanol–water partition coefficient (Wildman–Crippen LogP) is 3.04. The van der Waals surface area contributed by atoms with Crippen molar-refractivity contribution in [2.75, 3.05) is 11.4 Å². The van der Waals surface area contributed by atoms with Gasteiger partial charge in [0.15, 0.2) is 5.82 Å². The summed E-state index contributed by atoms with van der Waals surface area (Å²) in [5, 5.41) is 10.7. The fourth-order valence-corrected chi connectivity index (χ4v) is 3.00. The summed E-state index contributed by atoms with van der Waals surface area (Å²) in [6.45, 7) is 16.1. The SMILES string of the molecule is CC1=C(B2OC(C)(C)C(C)(C)O2)C=CN(c2n[nH]nc2C(=O)OC(C)(C)C)C1. The van der Waals surface area contributed by atoms with Crippen molar-refractivity contribution in [3.8, 4) is 0 Å². The van der Waals surface area contributed by atoms with Crippen LogP contribution in [0.5, 0.6) is 0 Å². The Balaban J connectivity index is 1.78. The Kier molecular flexibility index (Phi) is 4.96. The molecule has 0 unspecified atom stereocenters. The summed E-state index contributed by atoms with van der Waals surface area (Å²) in [7, 11) is -0.425. The van der Waals surface area contributed by atoms with Crippen LogP contribution >= 0.6 is 0 Å². The van der Waals surface area contributed by atoms with E-state index in [2.05, 4.69) is 15.4 Å². The number of esters is 1. The zero-order chi connectivity index (χ0) is 20.9. The van der Waals surface area contributed by atoms with Crippen LogP contribution in [0, 0.1) is 0 Å². The summed E-state index contributed by atoms with van der Waals surface area (Å²) in [5.74, 6) is -0.0825. The molecule has 0 aliphatic carbocycles. The van der Waals surface area contributed by atoms with Gasteiger partial charge in [-0.3, -0.25) is 0 Å². The number of allylic oxidation sites excluding steroid dienone is 2. The van der Waals surface area contributed by atoms with Crippen LogP contribution in [0.15, 0.2) is 23.3 Å². The minimum Gasteiger partial charge on any atom is -0.455 e. The van der Waals surface area contributed by atoms with Crippen molar-refractivity contribution in [1.29, 1.82) is 0 Å². The number of nitrogens with zero attached hydrogens (tertiary/aromatic N) is 3. The third kappa shape index (κ3) is 3.86. The fraction of sp³-hybridized carbons (Fsp3) is 0.632. The summed E-state index contributed by atoms with van der Waals surface area (Å²) < 4.78 is 17.7. The number of hydrogen-bond acceptors (Lipinski definition) is 7. The predicted molar refractivity (Wildman–Crippen MR) is 107 cm³/mol. The number of rotatable bonds is 3. The zero-order valence-electron chi connectivity index (χ0n) is 17.9. The maximum atomic E-state index is 12.4. The lowest BCUT2D eigenvalue weighted by Gasteiger charge is -2.32. The molecule has 152 valence electrons. The third-order valence-electron chi connectivity index (χ3n) is 5.24. The Hall–Kier alpha value is -2.13. The van der Waals surface area contributed by atoms with Crippen LogP contribution in [0.3, 0.4) is 0 Å². The van der Waals surface area contributed by atoms with Gasteiger partial charge in [-0.1, -0.05) is 5.57 Å². The monoisotopic (exact) mass is 388 g/mol. The lowest BCUT2D eigenvalue weighted by Crippen LogP contribution is -2.41. The van der Waals surface area contributed by atoms with Crippen LogP contribution in [0.2, 0.25) is 0 Å². The second-order valence-corrected chi connectivity index (χ2v) is 9.27. The van der Waals surface area contributed by atoms with E-state index in [1.165, 1.54) is 0 Å². The van der Waals surface area contributed by atoms with E-state index in [9.17, 15) is 4.79 Å². The van der Waals surface area contributed by atoms with Gasteiger partial charge in [0, 0.05) is 12.7 Å². The maximum absolute atomic E-state index is 12.4. The Morgan fingerprint density at radius 2 is 1.82 bits per heavy atom. The molecule has 0 atom stereocenters. The van der Waals surface area contributed by atoms with Crippen molar-refractivity contribution >= 4 is 18.9 Å². The van der Waals surface area contributed by atoms with E-state index in [-0.39, 0.29) is 5.69 Å². The van der Waals surface area contributed by atoms with E-state index in [1.54, 1.807) is 0 Å². The highest BCUT2D eigenvalue weighted by Gasteiger charge is 2.52. The largest absolute Gasteiger partial charge is 0.494 e. The van der Waals surface area contributed by atoms with Gasteiger partial charge in [0.05, 0.1) is 11.2 Å². The quantitative estimate of drug-likeness (QED) is 0.629. The summed E-state index contributed by atoms with van der Waals surface area (Å²) in [4.78, 5) is 14.3. The van der Waals surface area contributed by atoms with Crippen LogP contribution < -0.4 is 4.90 Å². The molecule has 1 aromatic heterocycles. The second-order valence-electron chi connectivity index (χ2n) is 9.27. The first-order valence-corrected chi connectivity index (χ1v) is 9.45.